The minimum Gasteiger partial charge on any atom is -0.351 e. The third-order valence-electron chi connectivity index (χ3n) is 3.74. The van der Waals surface area contributed by atoms with E-state index in [-0.39, 0.29) is 5.69 Å². The maximum absolute atomic E-state index is 10.7. The number of pyridine rings is 1. The second-order valence-electron chi connectivity index (χ2n) is 4.72. The summed E-state index contributed by atoms with van der Waals surface area (Å²) >= 11 is 3.39. The zero-order valence-electron chi connectivity index (χ0n) is 9.67. The van der Waals surface area contributed by atoms with Crippen molar-refractivity contribution in [3.8, 4) is 0 Å². The largest absolute Gasteiger partial charge is 0.351 e. The molecule has 0 unspecified atom stereocenters. The lowest BCUT2D eigenvalue weighted by molar-refractivity contribution is -0.385. The highest BCUT2D eigenvalue weighted by Gasteiger charge is 2.38. The molecule has 1 aromatic heterocycles. The molecule has 1 N–H and O–H groups in total. The van der Waals surface area contributed by atoms with Gasteiger partial charge in [-0.05, 0) is 28.3 Å². The highest BCUT2D eigenvalue weighted by atomic mass is 79.9. The summed E-state index contributed by atoms with van der Waals surface area (Å²) in [5, 5.41) is 14.1. The van der Waals surface area contributed by atoms with Crippen molar-refractivity contribution in [2.45, 2.75) is 12.5 Å². The SMILES string of the molecule is O=[N+]([O-])c1cnc(N2CC[C@H]3CNC[C@H]32)c(Br)c1. The molecule has 2 saturated heterocycles. The van der Waals surface area contributed by atoms with Gasteiger partial charge in [-0.25, -0.2) is 4.98 Å². The minimum atomic E-state index is -0.425. The van der Waals surface area contributed by atoms with Crippen LogP contribution in [0.1, 0.15) is 6.42 Å². The fourth-order valence-electron chi connectivity index (χ4n) is 2.84. The maximum atomic E-state index is 10.7. The van der Waals surface area contributed by atoms with Gasteiger partial charge in [0, 0.05) is 31.7 Å². The molecule has 0 radical (unpaired) electrons. The molecule has 0 saturated carbocycles. The van der Waals surface area contributed by atoms with E-state index < -0.39 is 4.92 Å². The van der Waals surface area contributed by atoms with Gasteiger partial charge in [-0.15, -0.1) is 0 Å². The standard InChI is InChI=1S/C11H13BrN4O2/c12-9-3-8(16(17)18)5-14-11(9)15-2-1-7-4-13-6-10(7)15/h3,5,7,10,13H,1-2,4,6H2/t7-,10+/m0/s1. The third-order valence-corrected chi connectivity index (χ3v) is 4.32. The molecule has 0 spiro atoms. The summed E-state index contributed by atoms with van der Waals surface area (Å²) in [6.07, 6.45) is 2.48. The van der Waals surface area contributed by atoms with Crippen LogP contribution in [0.3, 0.4) is 0 Å². The molecule has 7 heteroatoms. The summed E-state index contributed by atoms with van der Waals surface area (Å²) in [6, 6.07) is 1.99. The lowest BCUT2D eigenvalue weighted by atomic mass is 10.1. The molecule has 2 aliphatic rings. The molecule has 2 fully saturated rings. The second-order valence-corrected chi connectivity index (χ2v) is 5.58. The summed E-state index contributed by atoms with van der Waals surface area (Å²) in [5.74, 6) is 1.49. The van der Waals surface area contributed by atoms with Gasteiger partial charge in [-0.1, -0.05) is 0 Å². The van der Waals surface area contributed by atoms with Crippen LogP contribution in [0.4, 0.5) is 11.5 Å². The van der Waals surface area contributed by atoms with Crippen molar-refractivity contribution in [2.75, 3.05) is 24.5 Å². The number of aromatic nitrogens is 1. The zero-order valence-corrected chi connectivity index (χ0v) is 11.3. The van der Waals surface area contributed by atoms with Crippen LogP contribution in [0.15, 0.2) is 16.7 Å². The highest BCUT2D eigenvalue weighted by molar-refractivity contribution is 9.10. The van der Waals surface area contributed by atoms with Crippen molar-refractivity contribution in [2.24, 2.45) is 5.92 Å². The summed E-state index contributed by atoms with van der Waals surface area (Å²) in [6.45, 7) is 3.00. The monoisotopic (exact) mass is 312 g/mol. The van der Waals surface area contributed by atoms with E-state index in [4.69, 9.17) is 0 Å². The Morgan fingerprint density at radius 3 is 3.11 bits per heavy atom. The van der Waals surface area contributed by atoms with Gasteiger partial charge in [0.25, 0.3) is 5.69 Å². The fourth-order valence-corrected chi connectivity index (χ4v) is 3.41. The molecule has 0 amide bonds. The first kappa shape index (κ1) is 11.9. The first-order valence-electron chi connectivity index (χ1n) is 5.94. The maximum Gasteiger partial charge on any atom is 0.288 e. The van der Waals surface area contributed by atoms with Gasteiger partial charge in [-0.3, -0.25) is 10.1 Å². The molecular formula is C11H13BrN4O2. The molecule has 18 heavy (non-hydrogen) atoms. The van der Waals surface area contributed by atoms with Crippen LogP contribution in [0.25, 0.3) is 0 Å². The molecule has 0 aromatic carbocycles. The van der Waals surface area contributed by atoms with Gasteiger partial charge in [0.15, 0.2) is 0 Å². The summed E-state index contributed by atoms with van der Waals surface area (Å²) in [7, 11) is 0. The Bertz CT molecular complexity index is 496. The fraction of sp³-hybridized carbons (Fsp3) is 0.545. The Morgan fingerprint density at radius 1 is 1.56 bits per heavy atom. The van der Waals surface area contributed by atoms with E-state index in [0.29, 0.717) is 16.4 Å². The minimum absolute atomic E-state index is 0.0194. The summed E-state index contributed by atoms with van der Waals surface area (Å²) in [5.41, 5.74) is 0.0194. The first-order chi connectivity index (χ1) is 8.66. The van der Waals surface area contributed by atoms with E-state index in [0.717, 1.165) is 31.9 Å². The van der Waals surface area contributed by atoms with Crippen molar-refractivity contribution in [3.05, 3.63) is 26.9 Å². The van der Waals surface area contributed by atoms with E-state index in [1.807, 2.05) is 0 Å². The van der Waals surface area contributed by atoms with Crippen LogP contribution in [0.2, 0.25) is 0 Å². The quantitative estimate of drug-likeness (QED) is 0.662. The Hall–Kier alpha value is -1.21. The molecule has 0 aliphatic carbocycles. The predicted octanol–water partition coefficient (Wildman–Crippen LogP) is 1.55. The number of rotatable bonds is 2. The third kappa shape index (κ3) is 1.87. The lowest BCUT2D eigenvalue weighted by Crippen LogP contribution is -2.34. The number of nitrogens with zero attached hydrogens (tertiary/aromatic N) is 3. The smallest absolute Gasteiger partial charge is 0.288 e. The molecular weight excluding hydrogens is 300 g/mol. The number of fused-ring (bicyclic) bond motifs is 1. The second kappa shape index (κ2) is 4.47. The van der Waals surface area contributed by atoms with E-state index in [1.54, 1.807) is 0 Å². The number of anilines is 1. The van der Waals surface area contributed by atoms with Gasteiger partial charge in [0.2, 0.25) is 0 Å². The molecule has 96 valence electrons. The molecule has 3 rings (SSSR count). The molecule has 2 aliphatic heterocycles. The highest BCUT2D eigenvalue weighted by Crippen LogP contribution is 2.35. The van der Waals surface area contributed by atoms with Gasteiger partial charge < -0.3 is 10.2 Å². The van der Waals surface area contributed by atoms with Crippen LogP contribution < -0.4 is 10.2 Å². The van der Waals surface area contributed by atoms with Gasteiger partial charge >= 0.3 is 0 Å². The zero-order chi connectivity index (χ0) is 12.7. The number of halogens is 1. The number of hydrogen-bond donors (Lipinski definition) is 1. The van der Waals surface area contributed by atoms with Crippen LogP contribution in [-0.2, 0) is 0 Å². The van der Waals surface area contributed by atoms with Crippen molar-refractivity contribution < 1.29 is 4.92 Å². The Balaban J connectivity index is 1.90. The number of nitrogens with one attached hydrogen (secondary N) is 1. The van der Waals surface area contributed by atoms with E-state index in [1.165, 1.54) is 12.3 Å². The van der Waals surface area contributed by atoms with Crippen LogP contribution >= 0.6 is 15.9 Å². The normalized spacial score (nSPS) is 26.4. The Morgan fingerprint density at radius 2 is 2.39 bits per heavy atom. The molecule has 2 atom stereocenters. The number of hydrogen-bond acceptors (Lipinski definition) is 5. The Labute approximate surface area is 113 Å². The topological polar surface area (TPSA) is 71.3 Å². The van der Waals surface area contributed by atoms with E-state index in [9.17, 15) is 10.1 Å². The molecule has 6 nitrogen and oxygen atoms in total. The Kier molecular flexibility index (Phi) is 2.95. The molecule has 0 bridgehead atoms. The van der Waals surface area contributed by atoms with Crippen molar-refractivity contribution in [3.63, 3.8) is 0 Å². The van der Waals surface area contributed by atoms with Crippen molar-refractivity contribution in [1.82, 2.24) is 10.3 Å². The summed E-state index contributed by atoms with van der Waals surface area (Å²) < 4.78 is 0.698. The average molecular weight is 313 g/mol. The van der Waals surface area contributed by atoms with E-state index >= 15 is 0 Å². The van der Waals surface area contributed by atoms with Crippen LogP contribution in [0, 0.1) is 16.0 Å². The van der Waals surface area contributed by atoms with Gasteiger partial charge in [-0.2, -0.15) is 0 Å². The average Bonchev–Trinajstić information content (AvgIpc) is 2.91. The molecule has 1 aromatic rings. The molecule has 3 heterocycles. The van der Waals surface area contributed by atoms with Gasteiger partial charge in [0.1, 0.15) is 12.0 Å². The summed E-state index contributed by atoms with van der Waals surface area (Å²) in [4.78, 5) is 16.8. The first-order valence-corrected chi connectivity index (χ1v) is 6.73. The van der Waals surface area contributed by atoms with Crippen LogP contribution in [-0.4, -0.2) is 35.6 Å². The van der Waals surface area contributed by atoms with Crippen LogP contribution in [0.5, 0.6) is 0 Å². The van der Waals surface area contributed by atoms with E-state index in [2.05, 4.69) is 31.1 Å². The predicted molar refractivity (Wildman–Crippen MR) is 70.7 cm³/mol. The van der Waals surface area contributed by atoms with Crippen molar-refractivity contribution >= 4 is 27.4 Å². The number of nitro groups is 1. The van der Waals surface area contributed by atoms with Gasteiger partial charge in [0.05, 0.1) is 9.40 Å². The lowest BCUT2D eigenvalue weighted by Gasteiger charge is -2.25. The van der Waals surface area contributed by atoms with Crippen molar-refractivity contribution in [1.29, 1.82) is 0 Å².